The summed E-state index contributed by atoms with van der Waals surface area (Å²) in [6, 6.07) is 22.8. The Kier molecular flexibility index (Phi) is 8.25. The van der Waals surface area contributed by atoms with Gasteiger partial charge in [-0.15, -0.1) is 0 Å². The van der Waals surface area contributed by atoms with Crippen molar-refractivity contribution in [1.29, 1.82) is 0 Å². The van der Waals surface area contributed by atoms with E-state index in [1.54, 1.807) is 60.1 Å². The maximum absolute atomic E-state index is 12.7. The second kappa shape index (κ2) is 12.0. The van der Waals surface area contributed by atoms with Gasteiger partial charge in [-0.25, -0.2) is 5.48 Å². The molecular formula is C28H27N3O4. The highest BCUT2D eigenvalue weighted by Crippen LogP contribution is 2.14. The Morgan fingerprint density at radius 3 is 2.09 bits per heavy atom. The van der Waals surface area contributed by atoms with Gasteiger partial charge in [-0.05, 0) is 47.5 Å². The molecule has 1 fully saturated rings. The number of hydrogen-bond donors (Lipinski definition) is 3. The topological polar surface area (TPSA) is 90.9 Å². The quantitative estimate of drug-likeness (QED) is 0.293. The van der Waals surface area contributed by atoms with Crippen molar-refractivity contribution < 1.29 is 19.5 Å². The van der Waals surface area contributed by atoms with E-state index < -0.39 is 17.9 Å². The van der Waals surface area contributed by atoms with Crippen LogP contribution in [0.1, 0.15) is 38.7 Å². The first kappa shape index (κ1) is 24.2. The summed E-state index contributed by atoms with van der Waals surface area (Å²) in [6.45, 7) is 4.39. The summed E-state index contributed by atoms with van der Waals surface area (Å²) in [6.07, 6.45) is 0. The zero-order valence-electron chi connectivity index (χ0n) is 19.2. The second-order valence-corrected chi connectivity index (χ2v) is 8.21. The van der Waals surface area contributed by atoms with Crippen LogP contribution in [-0.2, 0) is 16.1 Å². The SMILES string of the molecule is O=C(N[C@H](C(=O)NO)c1ccccc1)c1ccc(C#Cc2ccc(CN3CCOCC3)cc2)cc1. The molecule has 1 saturated heterocycles. The van der Waals surface area contributed by atoms with Crippen LogP contribution in [0.25, 0.3) is 0 Å². The van der Waals surface area contributed by atoms with Crippen LogP contribution in [0.5, 0.6) is 0 Å². The van der Waals surface area contributed by atoms with Crippen LogP contribution in [0.2, 0.25) is 0 Å². The normalized spacial score (nSPS) is 14.3. The molecule has 0 saturated carbocycles. The van der Waals surface area contributed by atoms with E-state index in [9.17, 15) is 9.59 Å². The van der Waals surface area contributed by atoms with Crippen LogP contribution < -0.4 is 10.8 Å². The Morgan fingerprint density at radius 2 is 1.49 bits per heavy atom. The first-order valence-electron chi connectivity index (χ1n) is 11.4. The highest BCUT2D eigenvalue weighted by Gasteiger charge is 2.22. The lowest BCUT2D eigenvalue weighted by Gasteiger charge is -2.26. The Morgan fingerprint density at radius 1 is 0.886 bits per heavy atom. The third-order valence-electron chi connectivity index (χ3n) is 5.74. The molecule has 0 radical (unpaired) electrons. The van der Waals surface area contributed by atoms with E-state index >= 15 is 0 Å². The van der Waals surface area contributed by atoms with Gasteiger partial charge in [0.1, 0.15) is 6.04 Å². The number of nitrogens with one attached hydrogen (secondary N) is 2. The number of amides is 2. The molecule has 0 spiro atoms. The van der Waals surface area contributed by atoms with Crippen molar-refractivity contribution in [2.45, 2.75) is 12.6 Å². The predicted octanol–water partition coefficient (Wildman–Crippen LogP) is 2.90. The number of hydrogen-bond acceptors (Lipinski definition) is 5. The highest BCUT2D eigenvalue weighted by atomic mass is 16.5. The molecule has 2 amide bonds. The van der Waals surface area contributed by atoms with E-state index in [0.717, 1.165) is 44.0 Å². The van der Waals surface area contributed by atoms with Crippen LogP contribution in [0.4, 0.5) is 0 Å². The number of carbonyl (C=O) groups excluding carboxylic acids is 2. The second-order valence-electron chi connectivity index (χ2n) is 8.21. The first-order valence-corrected chi connectivity index (χ1v) is 11.4. The molecule has 7 heteroatoms. The van der Waals surface area contributed by atoms with Gasteiger partial charge in [0.25, 0.3) is 11.8 Å². The standard InChI is InChI=1S/C28H27N3O4/c32-27(29-26(28(33)30-34)24-4-2-1-3-5-24)25-14-12-22(13-15-25)7-6-21-8-10-23(11-9-21)20-31-16-18-35-19-17-31/h1-5,8-15,26,34H,16-20H2,(H,29,32)(H,30,33)/t26-/m0/s1. The molecule has 1 atom stereocenters. The molecule has 7 nitrogen and oxygen atoms in total. The summed E-state index contributed by atoms with van der Waals surface area (Å²) >= 11 is 0. The third kappa shape index (κ3) is 6.78. The molecule has 3 aromatic carbocycles. The lowest BCUT2D eigenvalue weighted by atomic mass is 10.1. The molecule has 1 heterocycles. The summed E-state index contributed by atoms with van der Waals surface area (Å²) < 4.78 is 5.39. The molecule has 0 bridgehead atoms. The summed E-state index contributed by atoms with van der Waals surface area (Å²) in [5, 5.41) is 11.7. The Hall–Kier alpha value is -3.96. The zero-order valence-corrected chi connectivity index (χ0v) is 19.2. The molecule has 0 aliphatic carbocycles. The Bertz CT molecular complexity index is 1190. The van der Waals surface area contributed by atoms with Gasteiger partial charge in [-0.2, -0.15) is 0 Å². The van der Waals surface area contributed by atoms with E-state index in [-0.39, 0.29) is 0 Å². The summed E-state index contributed by atoms with van der Waals surface area (Å²) in [5.74, 6) is 5.12. The van der Waals surface area contributed by atoms with Crippen molar-refractivity contribution in [3.8, 4) is 11.8 Å². The van der Waals surface area contributed by atoms with Crippen molar-refractivity contribution >= 4 is 11.8 Å². The lowest BCUT2D eigenvalue weighted by molar-refractivity contribution is -0.131. The fourth-order valence-corrected chi connectivity index (χ4v) is 3.78. The summed E-state index contributed by atoms with van der Waals surface area (Å²) in [5.41, 5.74) is 5.48. The number of hydroxylamine groups is 1. The maximum atomic E-state index is 12.7. The van der Waals surface area contributed by atoms with Gasteiger partial charge in [-0.3, -0.25) is 19.7 Å². The molecule has 1 aliphatic heterocycles. The van der Waals surface area contributed by atoms with Crippen molar-refractivity contribution in [2.24, 2.45) is 0 Å². The summed E-state index contributed by atoms with van der Waals surface area (Å²) in [4.78, 5) is 27.1. The first-order chi connectivity index (χ1) is 17.1. The summed E-state index contributed by atoms with van der Waals surface area (Å²) in [7, 11) is 0. The minimum Gasteiger partial charge on any atom is -0.379 e. The van der Waals surface area contributed by atoms with E-state index in [1.165, 1.54) is 5.56 Å². The van der Waals surface area contributed by atoms with Crippen LogP contribution in [-0.4, -0.2) is 48.2 Å². The zero-order chi connectivity index (χ0) is 24.5. The van der Waals surface area contributed by atoms with Crippen molar-refractivity contribution in [3.05, 3.63) is 107 Å². The van der Waals surface area contributed by atoms with Crippen LogP contribution in [0.15, 0.2) is 78.9 Å². The molecule has 3 aromatic rings. The molecular weight excluding hydrogens is 442 g/mol. The smallest absolute Gasteiger partial charge is 0.270 e. The predicted molar refractivity (Wildman–Crippen MR) is 132 cm³/mol. The average molecular weight is 470 g/mol. The van der Waals surface area contributed by atoms with Gasteiger partial charge in [-0.1, -0.05) is 54.3 Å². The number of benzene rings is 3. The number of carbonyl (C=O) groups is 2. The van der Waals surface area contributed by atoms with Crippen molar-refractivity contribution in [1.82, 2.24) is 15.7 Å². The average Bonchev–Trinajstić information content (AvgIpc) is 2.92. The van der Waals surface area contributed by atoms with E-state index in [1.807, 2.05) is 12.1 Å². The van der Waals surface area contributed by atoms with E-state index in [2.05, 4.69) is 34.2 Å². The highest BCUT2D eigenvalue weighted by molar-refractivity contribution is 5.97. The van der Waals surface area contributed by atoms with Gasteiger partial charge in [0.05, 0.1) is 13.2 Å². The van der Waals surface area contributed by atoms with Crippen LogP contribution in [0, 0.1) is 11.8 Å². The van der Waals surface area contributed by atoms with E-state index in [4.69, 9.17) is 9.94 Å². The minimum absolute atomic E-state index is 0.384. The monoisotopic (exact) mass is 469 g/mol. The fourth-order valence-electron chi connectivity index (χ4n) is 3.78. The number of morpholine rings is 1. The fraction of sp³-hybridized carbons (Fsp3) is 0.214. The Labute approximate surface area is 204 Å². The van der Waals surface area contributed by atoms with Gasteiger partial charge in [0, 0.05) is 36.3 Å². The number of rotatable bonds is 6. The molecule has 3 N–H and O–H groups in total. The van der Waals surface area contributed by atoms with Gasteiger partial charge in [0.15, 0.2) is 0 Å². The molecule has 4 rings (SSSR count). The molecule has 0 unspecified atom stereocenters. The molecule has 1 aliphatic rings. The minimum atomic E-state index is -1.01. The largest absolute Gasteiger partial charge is 0.379 e. The van der Waals surface area contributed by atoms with Crippen LogP contribution in [0.3, 0.4) is 0 Å². The molecule has 178 valence electrons. The van der Waals surface area contributed by atoms with Crippen LogP contribution >= 0.6 is 0 Å². The number of ether oxygens (including phenoxy) is 1. The van der Waals surface area contributed by atoms with E-state index in [0.29, 0.717) is 11.1 Å². The molecule has 0 aromatic heterocycles. The lowest BCUT2D eigenvalue weighted by Crippen LogP contribution is -2.39. The Balaban J connectivity index is 1.37. The van der Waals surface area contributed by atoms with Gasteiger partial charge >= 0.3 is 0 Å². The van der Waals surface area contributed by atoms with Crippen molar-refractivity contribution in [3.63, 3.8) is 0 Å². The maximum Gasteiger partial charge on any atom is 0.270 e. The molecule has 35 heavy (non-hydrogen) atoms. The van der Waals surface area contributed by atoms with Crippen molar-refractivity contribution in [2.75, 3.05) is 26.3 Å². The van der Waals surface area contributed by atoms with Gasteiger partial charge < -0.3 is 10.1 Å². The van der Waals surface area contributed by atoms with Gasteiger partial charge in [0.2, 0.25) is 0 Å². The number of nitrogens with zero attached hydrogens (tertiary/aromatic N) is 1. The third-order valence-corrected chi connectivity index (χ3v) is 5.74.